The van der Waals surface area contributed by atoms with Crippen molar-refractivity contribution < 1.29 is 29.1 Å². The van der Waals surface area contributed by atoms with Crippen molar-refractivity contribution in [2.75, 3.05) is 14.2 Å². The van der Waals surface area contributed by atoms with Crippen LogP contribution < -0.4 is 15.4 Å². The zero-order valence-electron chi connectivity index (χ0n) is 13.1. The zero-order chi connectivity index (χ0) is 18.0. The molecule has 0 aliphatic carbocycles. The fourth-order valence-electron chi connectivity index (χ4n) is 2.40. The molecule has 0 bridgehead atoms. The first kappa shape index (κ1) is 17.1. The monoisotopic (exact) mass is 337 g/mol. The molecule has 0 spiro atoms. The van der Waals surface area contributed by atoms with Gasteiger partial charge in [-0.25, -0.2) is 9.59 Å². The summed E-state index contributed by atoms with van der Waals surface area (Å²) in [6, 6.07) is 0.570. The summed E-state index contributed by atoms with van der Waals surface area (Å²) in [6.07, 6.45) is 0. The molecular formula is C14H15N3O7. The highest BCUT2D eigenvalue weighted by Crippen LogP contribution is 2.41. The molecule has 0 saturated carbocycles. The maximum atomic E-state index is 12.0. The van der Waals surface area contributed by atoms with Gasteiger partial charge in [0.1, 0.15) is 5.75 Å². The van der Waals surface area contributed by atoms with Gasteiger partial charge >= 0.3 is 17.7 Å². The number of ether oxygens (including phenoxy) is 2. The van der Waals surface area contributed by atoms with Crippen LogP contribution in [0.5, 0.6) is 11.5 Å². The van der Waals surface area contributed by atoms with Crippen molar-refractivity contribution in [1.29, 1.82) is 0 Å². The zero-order valence-corrected chi connectivity index (χ0v) is 13.1. The van der Waals surface area contributed by atoms with Gasteiger partial charge in [0.2, 0.25) is 0 Å². The quantitative estimate of drug-likeness (QED) is 0.424. The van der Waals surface area contributed by atoms with Crippen LogP contribution in [0.4, 0.5) is 10.5 Å². The minimum absolute atomic E-state index is 0.00921. The fourth-order valence-corrected chi connectivity index (χ4v) is 2.40. The van der Waals surface area contributed by atoms with Gasteiger partial charge in [0.05, 0.1) is 36.8 Å². The molecule has 3 N–H and O–H groups in total. The second-order valence-electron chi connectivity index (χ2n) is 4.90. The number of urea groups is 1. The molecule has 10 nitrogen and oxygen atoms in total. The van der Waals surface area contributed by atoms with Crippen molar-refractivity contribution in [2.45, 2.75) is 13.0 Å². The Balaban J connectivity index is 2.70. The molecule has 0 saturated heterocycles. The topological polar surface area (TPSA) is 140 Å². The van der Waals surface area contributed by atoms with Gasteiger partial charge in [0, 0.05) is 11.3 Å². The number of nitro groups is 1. The number of allylic oxidation sites excluding steroid dienone is 1. The van der Waals surface area contributed by atoms with E-state index in [-0.39, 0.29) is 22.6 Å². The molecule has 1 aliphatic heterocycles. The van der Waals surface area contributed by atoms with Crippen LogP contribution in [0.2, 0.25) is 0 Å². The van der Waals surface area contributed by atoms with E-state index in [1.807, 2.05) is 0 Å². The summed E-state index contributed by atoms with van der Waals surface area (Å²) < 4.78 is 9.68. The summed E-state index contributed by atoms with van der Waals surface area (Å²) in [4.78, 5) is 34.1. The Morgan fingerprint density at radius 2 is 2.04 bits per heavy atom. The molecule has 0 fully saturated rings. The van der Waals surface area contributed by atoms with E-state index >= 15 is 0 Å². The standard InChI is InChI=1S/C14H15N3O7/c1-6-10(13(19)24-3)11(16-14(20)15-6)8-4-7(23-2)5-9(12(8)18)17(21)22/h4-5,11,18H,1-3H3,(H2,15,16,20)/t11-/m1/s1. The highest BCUT2D eigenvalue weighted by Gasteiger charge is 2.35. The lowest BCUT2D eigenvalue weighted by Crippen LogP contribution is -2.45. The average molecular weight is 337 g/mol. The highest BCUT2D eigenvalue weighted by molar-refractivity contribution is 5.95. The second kappa shape index (κ2) is 6.44. The van der Waals surface area contributed by atoms with E-state index in [1.165, 1.54) is 20.1 Å². The third-order valence-corrected chi connectivity index (χ3v) is 3.51. The minimum Gasteiger partial charge on any atom is -0.502 e. The molecule has 10 heteroatoms. The molecule has 24 heavy (non-hydrogen) atoms. The SMILES string of the molecule is COC(=O)C1=C(C)NC(=O)N[C@@H]1c1cc(OC)cc([N+](=O)[O-])c1O. The van der Waals surface area contributed by atoms with Gasteiger partial charge in [-0.05, 0) is 13.0 Å². The third-order valence-electron chi connectivity index (χ3n) is 3.51. The Kier molecular flexibility index (Phi) is 4.58. The number of aromatic hydroxyl groups is 1. The number of benzene rings is 1. The van der Waals surface area contributed by atoms with Gasteiger partial charge < -0.3 is 25.2 Å². The number of amides is 2. The van der Waals surface area contributed by atoms with Crippen LogP contribution in [0.3, 0.4) is 0 Å². The van der Waals surface area contributed by atoms with Crippen LogP contribution in [0.1, 0.15) is 18.5 Å². The number of carbonyl (C=O) groups is 2. The molecular weight excluding hydrogens is 322 g/mol. The van der Waals surface area contributed by atoms with Crippen LogP contribution >= 0.6 is 0 Å². The third kappa shape index (κ3) is 2.93. The number of nitrogens with one attached hydrogen (secondary N) is 2. The second-order valence-corrected chi connectivity index (χ2v) is 4.90. The molecule has 2 rings (SSSR count). The molecule has 1 aromatic rings. The maximum absolute atomic E-state index is 12.0. The van der Waals surface area contributed by atoms with Crippen molar-refractivity contribution in [1.82, 2.24) is 10.6 Å². The molecule has 1 heterocycles. The van der Waals surface area contributed by atoms with Gasteiger partial charge in [0.15, 0.2) is 5.75 Å². The number of nitro benzene ring substituents is 1. The lowest BCUT2D eigenvalue weighted by atomic mass is 9.94. The summed E-state index contributed by atoms with van der Waals surface area (Å²) >= 11 is 0. The first-order valence-corrected chi connectivity index (χ1v) is 6.72. The van der Waals surface area contributed by atoms with E-state index in [4.69, 9.17) is 4.74 Å². The Labute approximate surface area is 136 Å². The van der Waals surface area contributed by atoms with Crippen molar-refractivity contribution in [2.24, 2.45) is 0 Å². The number of hydrogen-bond donors (Lipinski definition) is 3. The molecule has 1 aromatic carbocycles. The van der Waals surface area contributed by atoms with Crippen LogP contribution in [0.15, 0.2) is 23.4 Å². The predicted molar refractivity (Wildman–Crippen MR) is 80.4 cm³/mol. The van der Waals surface area contributed by atoms with E-state index in [2.05, 4.69) is 15.4 Å². The van der Waals surface area contributed by atoms with E-state index in [1.54, 1.807) is 0 Å². The van der Waals surface area contributed by atoms with Crippen LogP contribution in [0.25, 0.3) is 0 Å². The molecule has 128 valence electrons. The molecule has 0 radical (unpaired) electrons. The van der Waals surface area contributed by atoms with E-state index in [0.717, 1.165) is 13.2 Å². The highest BCUT2D eigenvalue weighted by atomic mass is 16.6. The summed E-state index contributed by atoms with van der Waals surface area (Å²) in [7, 11) is 2.45. The van der Waals surface area contributed by atoms with E-state index < -0.39 is 34.4 Å². The smallest absolute Gasteiger partial charge is 0.337 e. The Morgan fingerprint density at radius 3 is 2.58 bits per heavy atom. The van der Waals surface area contributed by atoms with Gasteiger partial charge in [-0.3, -0.25) is 10.1 Å². The lowest BCUT2D eigenvalue weighted by molar-refractivity contribution is -0.386. The molecule has 2 amide bonds. The Morgan fingerprint density at radius 1 is 1.38 bits per heavy atom. The normalized spacial score (nSPS) is 17.0. The van der Waals surface area contributed by atoms with Crippen LogP contribution in [-0.4, -0.2) is 36.2 Å². The Hall–Kier alpha value is -3.30. The van der Waals surface area contributed by atoms with Crippen molar-refractivity contribution in [3.05, 3.63) is 39.1 Å². The van der Waals surface area contributed by atoms with Gasteiger partial charge in [-0.1, -0.05) is 0 Å². The van der Waals surface area contributed by atoms with Gasteiger partial charge in [-0.15, -0.1) is 0 Å². The molecule has 0 aromatic heterocycles. The molecule has 1 aliphatic rings. The number of rotatable bonds is 4. The van der Waals surface area contributed by atoms with Crippen molar-refractivity contribution >= 4 is 17.7 Å². The number of esters is 1. The van der Waals surface area contributed by atoms with Gasteiger partial charge in [0.25, 0.3) is 0 Å². The van der Waals surface area contributed by atoms with Gasteiger partial charge in [-0.2, -0.15) is 0 Å². The van der Waals surface area contributed by atoms with E-state index in [9.17, 15) is 24.8 Å². The number of phenols is 1. The summed E-state index contributed by atoms with van der Waals surface area (Å²) in [5, 5.41) is 26.2. The summed E-state index contributed by atoms with van der Waals surface area (Å²) in [6.45, 7) is 1.48. The fraction of sp³-hybridized carbons (Fsp3) is 0.286. The van der Waals surface area contributed by atoms with Crippen molar-refractivity contribution in [3.8, 4) is 11.5 Å². The Bertz CT molecular complexity index is 757. The van der Waals surface area contributed by atoms with Crippen molar-refractivity contribution in [3.63, 3.8) is 0 Å². The molecule has 1 atom stereocenters. The largest absolute Gasteiger partial charge is 0.502 e. The minimum atomic E-state index is -1.14. The predicted octanol–water partition coefficient (Wildman–Crippen LogP) is 1.11. The number of nitrogens with zero attached hydrogens (tertiary/aromatic N) is 1. The molecule has 0 unspecified atom stereocenters. The number of carbonyl (C=O) groups excluding carboxylic acids is 2. The first-order chi connectivity index (χ1) is 11.3. The van der Waals surface area contributed by atoms with Crippen LogP contribution in [0, 0.1) is 10.1 Å². The maximum Gasteiger partial charge on any atom is 0.337 e. The first-order valence-electron chi connectivity index (χ1n) is 6.72. The summed E-state index contributed by atoms with van der Waals surface area (Å²) in [5.74, 6) is -1.35. The number of phenolic OH excluding ortho intramolecular Hbond substituents is 1. The number of methoxy groups -OCH3 is 2. The van der Waals surface area contributed by atoms with E-state index in [0.29, 0.717) is 0 Å². The average Bonchev–Trinajstić information content (AvgIpc) is 2.53. The van der Waals surface area contributed by atoms with Crippen LogP contribution in [-0.2, 0) is 9.53 Å². The number of hydrogen-bond acceptors (Lipinski definition) is 7. The summed E-state index contributed by atoms with van der Waals surface area (Å²) in [5.41, 5.74) is -0.454. The lowest BCUT2D eigenvalue weighted by Gasteiger charge is -2.28.